The summed E-state index contributed by atoms with van der Waals surface area (Å²) in [6.07, 6.45) is 3.69. The first kappa shape index (κ1) is 11.3. The Morgan fingerprint density at radius 3 is 2.33 bits per heavy atom. The predicted molar refractivity (Wildman–Crippen MR) is 65.6 cm³/mol. The highest BCUT2D eigenvalue weighted by atomic mass is 35.5. The van der Waals surface area contributed by atoms with E-state index in [0.717, 1.165) is 11.6 Å². The summed E-state index contributed by atoms with van der Waals surface area (Å²) in [5.74, 6) is 0.709. The van der Waals surface area contributed by atoms with Crippen molar-refractivity contribution < 1.29 is 0 Å². The van der Waals surface area contributed by atoms with Crippen LogP contribution in [0.15, 0.2) is 24.3 Å². The fraction of sp³-hybridized carbons (Fsp3) is 0.500. The average molecular weight is 244 g/mol. The first-order valence-electron chi connectivity index (χ1n) is 5.30. The van der Waals surface area contributed by atoms with E-state index in [1.54, 1.807) is 0 Å². The topological polar surface area (TPSA) is 12.0 Å². The average Bonchev–Trinajstić information content (AvgIpc) is 2.20. The van der Waals surface area contributed by atoms with Gasteiger partial charge >= 0.3 is 0 Å². The van der Waals surface area contributed by atoms with E-state index in [1.165, 1.54) is 24.8 Å². The molecule has 1 N–H and O–H groups in total. The van der Waals surface area contributed by atoms with Gasteiger partial charge in [-0.2, -0.15) is 0 Å². The molecule has 1 aliphatic carbocycles. The Hall–Kier alpha value is -0.240. The van der Waals surface area contributed by atoms with Gasteiger partial charge in [-0.05, 0) is 37.0 Å². The van der Waals surface area contributed by atoms with Crippen molar-refractivity contribution >= 4 is 23.2 Å². The van der Waals surface area contributed by atoms with E-state index in [0.29, 0.717) is 5.88 Å². The molecule has 0 aliphatic heterocycles. The quantitative estimate of drug-likeness (QED) is 0.798. The zero-order chi connectivity index (χ0) is 10.7. The summed E-state index contributed by atoms with van der Waals surface area (Å²) >= 11 is 11.8. The molecular weight excluding hydrogens is 229 g/mol. The zero-order valence-corrected chi connectivity index (χ0v) is 10.1. The first-order valence-corrected chi connectivity index (χ1v) is 6.21. The second kappa shape index (κ2) is 4.73. The van der Waals surface area contributed by atoms with Crippen LogP contribution in [-0.2, 0) is 6.54 Å². The molecule has 0 unspecified atom stereocenters. The highest BCUT2D eigenvalue weighted by molar-refractivity contribution is 6.30. The molecule has 0 amide bonds. The van der Waals surface area contributed by atoms with Crippen molar-refractivity contribution in [2.45, 2.75) is 31.3 Å². The molecule has 1 saturated carbocycles. The van der Waals surface area contributed by atoms with Gasteiger partial charge in [0, 0.05) is 23.0 Å². The first-order chi connectivity index (χ1) is 7.24. The van der Waals surface area contributed by atoms with E-state index in [1.807, 2.05) is 12.1 Å². The van der Waals surface area contributed by atoms with Crippen molar-refractivity contribution in [1.29, 1.82) is 0 Å². The Morgan fingerprint density at radius 1 is 1.20 bits per heavy atom. The van der Waals surface area contributed by atoms with E-state index >= 15 is 0 Å². The summed E-state index contributed by atoms with van der Waals surface area (Å²) in [6.45, 7) is 0.879. The maximum atomic E-state index is 5.97. The van der Waals surface area contributed by atoms with Crippen molar-refractivity contribution in [2.75, 3.05) is 5.88 Å². The van der Waals surface area contributed by atoms with Crippen LogP contribution in [0.1, 0.15) is 24.8 Å². The molecule has 1 aromatic carbocycles. The minimum absolute atomic E-state index is 0.196. The van der Waals surface area contributed by atoms with Crippen molar-refractivity contribution in [3.63, 3.8) is 0 Å². The largest absolute Gasteiger partial charge is 0.306 e. The standard InChI is InChI=1S/C12H15Cl2N/c13-9-12(6-1-7-12)15-8-10-2-4-11(14)5-3-10/h2-5,15H,1,6-9H2. The molecule has 15 heavy (non-hydrogen) atoms. The summed E-state index contributed by atoms with van der Waals surface area (Å²) in [5, 5.41) is 4.33. The Labute approximate surface area is 101 Å². The summed E-state index contributed by atoms with van der Waals surface area (Å²) in [4.78, 5) is 0. The second-order valence-electron chi connectivity index (χ2n) is 4.25. The Bertz CT molecular complexity index is 311. The van der Waals surface area contributed by atoms with Crippen LogP contribution in [-0.4, -0.2) is 11.4 Å². The molecule has 1 aromatic rings. The molecule has 0 bridgehead atoms. The highest BCUT2D eigenvalue weighted by Crippen LogP contribution is 2.33. The van der Waals surface area contributed by atoms with Gasteiger partial charge in [-0.1, -0.05) is 23.7 Å². The van der Waals surface area contributed by atoms with Gasteiger partial charge in [-0.3, -0.25) is 0 Å². The monoisotopic (exact) mass is 243 g/mol. The van der Waals surface area contributed by atoms with Crippen LogP contribution < -0.4 is 5.32 Å². The summed E-state index contributed by atoms with van der Waals surface area (Å²) in [6, 6.07) is 7.95. The molecular formula is C12H15Cl2N. The molecule has 1 nitrogen and oxygen atoms in total. The Morgan fingerprint density at radius 2 is 1.87 bits per heavy atom. The maximum absolute atomic E-state index is 5.97. The van der Waals surface area contributed by atoms with Crippen LogP contribution in [0.5, 0.6) is 0 Å². The van der Waals surface area contributed by atoms with Crippen molar-refractivity contribution in [2.24, 2.45) is 0 Å². The molecule has 0 saturated heterocycles. The lowest BCUT2D eigenvalue weighted by molar-refractivity contribution is 0.211. The number of benzene rings is 1. The zero-order valence-electron chi connectivity index (χ0n) is 8.60. The number of rotatable bonds is 4. The number of alkyl halides is 1. The van der Waals surface area contributed by atoms with Gasteiger partial charge in [-0.15, -0.1) is 11.6 Å². The van der Waals surface area contributed by atoms with E-state index in [2.05, 4.69) is 17.4 Å². The molecule has 0 aromatic heterocycles. The van der Waals surface area contributed by atoms with Crippen molar-refractivity contribution in [3.05, 3.63) is 34.9 Å². The molecule has 0 heterocycles. The van der Waals surface area contributed by atoms with Crippen LogP contribution in [0.4, 0.5) is 0 Å². The molecule has 0 atom stereocenters. The third-order valence-electron chi connectivity index (χ3n) is 3.15. The molecule has 2 rings (SSSR count). The van der Waals surface area contributed by atoms with E-state index in [9.17, 15) is 0 Å². The normalized spacial score (nSPS) is 18.5. The van der Waals surface area contributed by atoms with Crippen LogP contribution in [0.3, 0.4) is 0 Å². The minimum Gasteiger partial charge on any atom is -0.306 e. The van der Waals surface area contributed by atoms with Gasteiger partial charge in [-0.25, -0.2) is 0 Å². The SMILES string of the molecule is ClCC1(NCc2ccc(Cl)cc2)CCC1. The van der Waals surface area contributed by atoms with Gasteiger partial charge in [0.05, 0.1) is 0 Å². The van der Waals surface area contributed by atoms with Gasteiger partial charge in [0.15, 0.2) is 0 Å². The number of hydrogen-bond donors (Lipinski definition) is 1. The third kappa shape index (κ3) is 2.66. The molecule has 1 aliphatic rings. The molecule has 1 fully saturated rings. The van der Waals surface area contributed by atoms with Gasteiger partial charge in [0.25, 0.3) is 0 Å². The fourth-order valence-electron chi connectivity index (χ4n) is 1.85. The number of hydrogen-bond acceptors (Lipinski definition) is 1. The lowest BCUT2D eigenvalue weighted by atomic mass is 9.78. The molecule has 3 heteroatoms. The van der Waals surface area contributed by atoms with Crippen LogP contribution >= 0.6 is 23.2 Å². The maximum Gasteiger partial charge on any atom is 0.0406 e. The predicted octanol–water partition coefficient (Wildman–Crippen LogP) is 3.59. The minimum atomic E-state index is 0.196. The van der Waals surface area contributed by atoms with Gasteiger partial charge < -0.3 is 5.32 Å². The molecule has 82 valence electrons. The van der Waals surface area contributed by atoms with Gasteiger partial charge in [0.1, 0.15) is 0 Å². The van der Waals surface area contributed by atoms with Crippen LogP contribution in [0.2, 0.25) is 5.02 Å². The fourth-order valence-corrected chi connectivity index (χ4v) is 2.34. The van der Waals surface area contributed by atoms with Crippen LogP contribution in [0, 0.1) is 0 Å². The van der Waals surface area contributed by atoms with Crippen LogP contribution in [0.25, 0.3) is 0 Å². The second-order valence-corrected chi connectivity index (χ2v) is 4.95. The van der Waals surface area contributed by atoms with Gasteiger partial charge in [0.2, 0.25) is 0 Å². The molecule has 0 radical (unpaired) electrons. The number of nitrogens with one attached hydrogen (secondary N) is 1. The Balaban J connectivity index is 1.90. The lowest BCUT2D eigenvalue weighted by Crippen LogP contribution is -2.52. The lowest BCUT2D eigenvalue weighted by Gasteiger charge is -2.41. The third-order valence-corrected chi connectivity index (χ3v) is 3.91. The smallest absolute Gasteiger partial charge is 0.0406 e. The summed E-state index contributed by atoms with van der Waals surface area (Å²) < 4.78 is 0. The summed E-state index contributed by atoms with van der Waals surface area (Å²) in [7, 11) is 0. The van der Waals surface area contributed by atoms with E-state index in [4.69, 9.17) is 23.2 Å². The van der Waals surface area contributed by atoms with Crippen molar-refractivity contribution in [1.82, 2.24) is 5.32 Å². The van der Waals surface area contributed by atoms with E-state index < -0.39 is 0 Å². The highest BCUT2D eigenvalue weighted by Gasteiger charge is 2.35. The molecule has 0 spiro atoms. The van der Waals surface area contributed by atoms with E-state index in [-0.39, 0.29) is 5.54 Å². The number of halogens is 2. The summed E-state index contributed by atoms with van der Waals surface area (Å²) in [5.41, 5.74) is 1.46. The van der Waals surface area contributed by atoms with Crippen molar-refractivity contribution in [3.8, 4) is 0 Å². The Kier molecular flexibility index (Phi) is 3.55.